The van der Waals surface area contributed by atoms with E-state index in [1.807, 2.05) is 61.5 Å². The summed E-state index contributed by atoms with van der Waals surface area (Å²) < 4.78 is 0. The van der Waals surface area contributed by atoms with E-state index >= 15 is 0 Å². The van der Waals surface area contributed by atoms with E-state index in [2.05, 4.69) is 25.6 Å². The molecule has 4 rings (SSSR count). The van der Waals surface area contributed by atoms with Gasteiger partial charge in [0.25, 0.3) is 5.91 Å². The number of aryl methyl sites for hydroxylation is 1. The fourth-order valence-corrected chi connectivity index (χ4v) is 2.68. The van der Waals surface area contributed by atoms with E-state index in [0.717, 1.165) is 16.6 Å². The number of benzene rings is 2. The third-order valence-electron chi connectivity index (χ3n) is 4.10. The molecule has 0 fully saturated rings. The van der Waals surface area contributed by atoms with Gasteiger partial charge in [0.05, 0.1) is 16.8 Å². The minimum Gasteiger partial charge on any atom is -0.324 e. The molecule has 2 aromatic heterocycles. The SMILES string of the molecule is Cc1ccc(Nc2ncc(C(=O)Nc3cccc4cccnc34)cn2)cc1. The first-order chi connectivity index (χ1) is 13.2. The molecule has 0 spiro atoms. The topological polar surface area (TPSA) is 79.8 Å². The van der Waals surface area contributed by atoms with Crippen LogP contribution in [-0.4, -0.2) is 20.9 Å². The molecular weight excluding hydrogens is 338 g/mol. The maximum atomic E-state index is 12.5. The van der Waals surface area contributed by atoms with Crippen LogP contribution in [-0.2, 0) is 0 Å². The van der Waals surface area contributed by atoms with Crippen molar-refractivity contribution in [3.63, 3.8) is 0 Å². The minimum atomic E-state index is -0.282. The summed E-state index contributed by atoms with van der Waals surface area (Å²) in [6.07, 6.45) is 4.70. The Balaban J connectivity index is 1.50. The molecule has 132 valence electrons. The van der Waals surface area contributed by atoms with E-state index < -0.39 is 0 Å². The van der Waals surface area contributed by atoms with E-state index in [1.54, 1.807) is 6.20 Å². The molecule has 0 aliphatic carbocycles. The molecule has 0 atom stereocenters. The van der Waals surface area contributed by atoms with Gasteiger partial charge in [-0.25, -0.2) is 9.97 Å². The van der Waals surface area contributed by atoms with Crippen LogP contribution < -0.4 is 10.6 Å². The van der Waals surface area contributed by atoms with Crippen molar-refractivity contribution in [2.45, 2.75) is 6.92 Å². The van der Waals surface area contributed by atoms with Gasteiger partial charge in [-0.3, -0.25) is 9.78 Å². The summed E-state index contributed by atoms with van der Waals surface area (Å²) in [5.74, 6) is 0.150. The van der Waals surface area contributed by atoms with Crippen LogP contribution in [0.4, 0.5) is 17.3 Å². The van der Waals surface area contributed by atoms with Crippen molar-refractivity contribution in [3.05, 3.63) is 84.3 Å². The monoisotopic (exact) mass is 355 g/mol. The predicted octanol–water partition coefficient (Wildman–Crippen LogP) is 4.33. The van der Waals surface area contributed by atoms with E-state index in [1.165, 1.54) is 18.0 Å². The molecule has 0 saturated carbocycles. The smallest absolute Gasteiger partial charge is 0.258 e. The van der Waals surface area contributed by atoms with E-state index in [9.17, 15) is 4.79 Å². The Labute approximate surface area is 156 Å². The number of anilines is 3. The quantitative estimate of drug-likeness (QED) is 0.569. The lowest BCUT2D eigenvalue weighted by atomic mass is 10.2. The summed E-state index contributed by atoms with van der Waals surface area (Å²) in [5.41, 5.74) is 3.83. The van der Waals surface area contributed by atoms with Crippen LogP contribution in [0.5, 0.6) is 0 Å². The molecule has 0 aliphatic rings. The second-order valence-corrected chi connectivity index (χ2v) is 6.12. The molecule has 2 aromatic carbocycles. The zero-order valence-electron chi connectivity index (χ0n) is 14.7. The van der Waals surface area contributed by atoms with Crippen LogP contribution >= 0.6 is 0 Å². The largest absolute Gasteiger partial charge is 0.324 e. The Hall–Kier alpha value is -3.80. The summed E-state index contributed by atoms with van der Waals surface area (Å²) in [6, 6.07) is 17.4. The number of carbonyl (C=O) groups excluding carboxylic acids is 1. The van der Waals surface area contributed by atoms with Crippen molar-refractivity contribution in [1.29, 1.82) is 0 Å². The van der Waals surface area contributed by atoms with E-state index in [4.69, 9.17) is 0 Å². The Morgan fingerprint density at radius 2 is 1.63 bits per heavy atom. The molecule has 0 aliphatic heterocycles. The molecule has 27 heavy (non-hydrogen) atoms. The Morgan fingerprint density at radius 1 is 0.889 bits per heavy atom. The molecule has 0 unspecified atom stereocenters. The van der Waals surface area contributed by atoms with Crippen LogP contribution in [0.15, 0.2) is 73.2 Å². The highest BCUT2D eigenvalue weighted by molar-refractivity contribution is 6.08. The summed E-state index contributed by atoms with van der Waals surface area (Å²) >= 11 is 0. The van der Waals surface area contributed by atoms with Gasteiger partial charge in [-0.05, 0) is 31.2 Å². The van der Waals surface area contributed by atoms with Gasteiger partial charge >= 0.3 is 0 Å². The first kappa shape index (κ1) is 16.7. The lowest BCUT2D eigenvalue weighted by Crippen LogP contribution is -2.13. The zero-order chi connectivity index (χ0) is 18.6. The fourth-order valence-electron chi connectivity index (χ4n) is 2.68. The molecule has 0 radical (unpaired) electrons. The number of rotatable bonds is 4. The van der Waals surface area contributed by atoms with Gasteiger partial charge in [-0.15, -0.1) is 0 Å². The first-order valence-electron chi connectivity index (χ1n) is 8.50. The third kappa shape index (κ3) is 3.74. The number of pyridine rings is 1. The predicted molar refractivity (Wildman–Crippen MR) is 106 cm³/mol. The maximum absolute atomic E-state index is 12.5. The van der Waals surface area contributed by atoms with Gasteiger partial charge in [-0.2, -0.15) is 0 Å². The number of hydrogen-bond donors (Lipinski definition) is 2. The lowest BCUT2D eigenvalue weighted by molar-refractivity contribution is 0.102. The lowest BCUT2D eigenvalue weighted by Gasteiger charge is -2.08. The van der Waals surface area contributed by atoms with Crippen molar-refractivity contribution in [1.82, 2.24) is 15.0 Å². The first-order valence-corrected chi connectivity index (χ1v) is 8.50. The van der Waals surface area contributed by atoms with Gasteiger partial charge in [0.2, 0.25) is 5.95 Å². The number of para-hydroxylation sites is 1. The summed E-state index contributed by atoms with van der Waals surface area (Å²) in [4.78, 5) is 25.3. The molecule has 2 N–H and O–H groups in total. The van der Waals surface area contributed by atoms with Gasteiger partial charge in [0.15, 0.2) is 0 Å². The Bertz CT molecular complexity index is 1090. The van der Waals surface area contributed by atoms with Crippen LogP contribution in [0.2, 0.25) is 0 Å². The highest BCUT2D eigenvalue weighted by Gasteiger charge is 2.10. The summed E-state index contributed by atoms with van der Waals surface area (Å²) in [7, 11) is 0. The maximum Gasteiger partial charge on any atom is 0.258 e. The van der Waals surface area contributed by atoms with E-state index in [0.29, 0.717) is 17.2 Å². The van der Waals surface area contributed by atoms with Crippen molar-refractivity contribution in [2.24, 2.45) is 0 Å². The Morgan fingerprint density at radius 3 is 2.41 bits per heavy atom. The van der Waals surface area contributed by atoms with Crippen molar-refractivity contribution < 1.29 is 4.79 Å². The summed E-state index contributed by atoms with van der Waals surface area (Å²) in [6.45, 7) is 2.03. The number of nitrogens with zero attached hydrogens (tertiary/aromatic N) is 3. The number of fused-ring (bicyclic) bond motifs is 1. The molecular formula is C21H17N5O. The molecule has 6 nitrogen and oxygen atoms in total. The average molecular weight is 355 g/mol. The van der Waals surface area contributed by atoms with Crippen molar-refractivity contribution in [3.8, 4) is 0 Å². The van der Waals surface area contributed by atoms with Crippen LogP contribution in [0.25, 0.3) is 10.9 Å². The fraction of sp³-hybridized carbons (Fsp3) is 0.0476. The summed E-state index contributed by atoms with van der Waals surface area (Å²) in [5, 5.41) is 6.94. The van der Waals surface area contributed by atoms with Crippen LogP contribution in [0.1, 0.15) is 15.9 Å². The second kappa shape index (κ2) is 7.21. The van der Waals surface area contributed by atoms with Gasteiger partial charge in [0, 0.05) is 29.7 Å². The number of carbonyl (C=O) groups is 1. The number of aromatic nitrogens is 3. The normalized spacial score (nSPS) is 10.6. The number of nitrogens with one attached hydrogen (secondary N) is 2. The molecule has 2 heterocycles. The van der Waals surface area contributed by atoms with Gasteiger partial charge < -0.3 is 10.6 Å². The highest BCUT2D eigenvalue weighted by atomic mass is 16.1. The van der Waals surface area contributed by atoms with Crippen molar-refractivity contribution in [2.75, 3.05) is 10.6 Å². The van der Waals surface area contributed by atoms with Crippen molar-refractivity contribution >= 4 is 34.1 Å². The van der Waals surface area contributed by atoms with Crippen LogP contribution in [0.3, 0.4) is 0 Å². The third-order valence-corrected chi connectivity index (χ3v) is 4.10. The van der Waals surface area contributed by atoms with Gasteiger partial charge in [0.1, 0.15) is 0 Å². The minimum absolute atomic E-state index is 0.282. The van der Waals surface area contributed by atoms with Crippen LogP contribution in [0, 0.1) is 6.92 Å². The second-order valence-electron chi connectivity index (χ2n) is 6.12. The Kier molecular flexibility index (Phi) is 4.45. The highest BCUT2D eigenvalue weighted by Crippen LogP contribution is 2.21. The zero-order valence-corrected chi connectivity index (χ0v) is 14.7. The molecule has 0 bridgehead atoms. The molecule has 4 aromatic rings. The number of hydrogen-bond acceptors (Lipinski definition) is 5. The molecule has 1 amide bonds. The molecule has 6 heteroatoms. The van der Waals surface area contributed by atoms with E-state index in [-0.39, 0.29) is 5.91 Å². The molecule has 0 saturated heterocycles. The standard InChI is InChI=1S/C21H17N5O/c1-14-7-9-17(10-8-14)25-21-23-12-16(13-24-21)20(27)26-18-6-2-4-15-5-3-11-22-19(15)18/h2-13H,1H3,(H,26,27)(H,23,24,25). The number of amides is 1. The average Bonchev–Trinajstić information content (AvgIpc) is 2.70. The van der Waals surface area contributed by atoms with Gasteiger partial charge in [-0.1, -0.05) is 35.9 Å².